The number of carbonyl (C=O) groups is 3. The number of rotatable bonds is 7. The van der Waals surface area contributed by atoms with Gasteiger partial charge in [-0.3, -0.25) is 14.4 Å². The zero-order chi connectivity index (χ0) is 14.8. The van der Waals surface area contributed by atoms with Gasteiger partial charge in [0.25, 0.3) is 0 Å². The van der Waals surface area contributed by atoms with Gasteiger partial charge in [0, 0.05) is 24.7 Å². The van der Waals surface area contributed by atoms with Crippen LogP contribution < -0.4 is 16.0 Å². The highest BCUT2D eigenvalue weighted by Crippen LogP contribution is 2.08. The van der Waals surface area contributed by atoms with E-state index in [1.165, 1.54) is 0 Å². The second-order valence-electron chi connectivity index (χ2n) is 3.99. The third-order valence-electron chi connectivity index (χ3n) is 2.44. The minimum atomic E-state index is -0.691. The van der Waals surface area contributed by atoms with E-state index in [2.05, 4.69) is 16.0 Å². The van der Waals surface area contributed by atoms with E-state index in [9.17, 15) is 14.4 Å². The Labute approximate surface area is 121 Å². The minimum Gasteiger partial charge on any atom is -0.359 e. The lowest BCUT2D eigenvalue weighted by Crippen LogP contribution is -2.40. The van der Waals surface area contributed by atoms with E-state index < -0.39 is 11.8 Å². The van der Waals surface area contributed by atoms with Gasteiger partial charge in [0.1, 0.15) is 0 Å². The molecule has 1 aromatic rings. The number of hydrogen-bond acceptors (Lipinski definition) is 3. The standard InChI is InChI=1S/C13H16ClN3O3/c14-11-4-2-10(3-5-11)8-17-13(20)12(19)16-7-1-6-15-9-18/h2-5,9H,1,6-8H2,(H,15,18)(H,16,19)(H,17,20). The molecule has 0 radical (unpaired) electrons. The molecule has 0 bridgehead atoms. The molecule has 0 spiro atoms. The van der Waals surface area contributed by atoms with E-state index in [0.717, 1.165) is 5.56 Å². The zero-order valence-corrected chi connectivity index (χ0v) is 11.6. The van der Waals surface area contributed by atoms with E-state index in [0.29, 0.717) is 30.9 Å². The summed E-state index contributed by atoms with van der Waals surface area (Å²) in [5.74, 6) is -1.38. The van der Waals surface area contributed by atoms with Gasteiger partial charge < -0.3 is 16.0 Å². The lowest BCUT2D eigenvalue weighted by molar-refractivity contribution is -0.139. The number of benzene rings is 1. The average Bonchev–Trinajstić information content (AvgIpc) is 2.46. The molecule has 20 heavy (non-hydrogen) atoms. The van der Waals surface area contributed by atoms with Gasteiger partial charge in [-0.2, -0.15) is 0 Å². The predicted octanol–water partition coefficient (Wildman–Crippen LogP) is 0.208. The first-order valence-electron chi connectivity index (χ1n) is 6.11. The molecule has 0 saturated heterocycles. The van der Waals surface area contributed by atoms with Gasteiger partial charge in [-0.25, -0.2) is 0 Å². The second-order valence-corrected chi connectivity index (χ2v) is 4.43. The van der Waals surface area contributed by atoms with Crippen molar-refractivity contribution >= 4 is 29.8 Å². The summed E-state index contributed by atoms with van der Waals surface area (Å²) in [4.78, 5) is 32.9. The fourth-order valence-electron chi connectivity index (χ4n) is 1.40. The molecule has 1 aromatic carbocycles. The Kier molecular flexibility index (Phi) is 7.13. The number of hydrogen-bond donors (Lipinski definition) is 3. The minimum absolute atomic E-state index is 0.260. The van der Waals surface area contributed by atoms with Gasteiger partial charge in [-0.05, 0) is 24.1 Å². The van der Waals surface area contributed by atoms with Crippen LogP contribution in [0.5, 0.6) is 0 Å². The normalized spacial score (nSPS) is 9.65. The van der Waals surface area contributed by atoms with Gasteiger partial charge in [0.15, 0.2) is 0 Å². The second kappa shape index (κ2) is 8.92. The van der Waals surface area contributed by atoms with Crippen LogP contribution in [0.4, 0.5) is 0 Å². The van der Waals surface area contributed by atoms with Crippen molar-refractivity contribution in [3.05, 3.63) is 34.9 Å². The van der Waals surface area contributed by atoms with Crippen molar-refractivity contribution < 1.29 is 14.4 Å². The van der Waals surface area contributed by atoms with Crippen molar-refractivity contribution in [2.24, 2.45) is 0 Å². The van der Waals surface area contributed by atoms with Gasteiger partial charge in [-0.1, -0.05) is 23.7 Å². The van der Waals surface area contributed by atoms with E-state index in [1.807, 2.05) is 0 Å². The molecular formula is C13H16ClN3O3. The summed E-state index contributed by atoms with van der Waals surface area (Å²) in [6.45, 7) is 1.04. The summed E-state index contributed by atoms with van der Waals surface area (Å²) in [7, 11) is 0. The Morgan fingerprint density at radius 3 is 2.35 bits per heavy atom. The summed E-state index contributed by atoms with van der Waals surface area (Å²) < 4.78 is 0. The SMILES string of the molecule is O=CNCCCNC(=O)C(=O)NCc1ccc(Cl)cc1. The van der Waals surface area contributed by atoms with Crippen LogP contribution >= 0.6 is 11.6 Å². The molecule has 1 rings (SSSR count). The lowest BCUT2D eigenvalue weighted by Gasteiger charge is -2.06. The Morgan fingerprint density at radius 2 is 1.70 bits per heavy atom. The van der Waals surface area contributed by atoms with Crippen LogP contribution in [0.2, 0.25) is 5.02 Å². The molecule has 6 nitrogen and oxygen atoms in total. The molecule has 108 valence electrons. The van der Waals surface area contributed by atoms with Crippen LogP contribution in [0.15, 0.2) is 24.3 Å². The molecule has 3 N–H and O–H groups in total. The van der Waals surface area contributed by atoms with E-state index in [1.54, 1.807) is 24.3 Å². The summed E-state index contributed by atoms with van der Waals surface area (Å²) in [5, 5.41) is 8.04. The Bertz CT molecular complexity index is 462. The fraction of sp³-hybridized carbons (Fsp3) is 0.308. The topological polar surface area (TPSA) is 87.3 Å². The number of amides is 3. The Balaban J connectivity index is 2.22. The molecule has 0 unspecified atom stereocenters. The maximum absolute atomic E-state index is 11.5. The van der Waals surface area contributed by atoms with Crippen LogP contribution in [0, 0.1) is 0 Å². The number of halogens is 1. The molecular weight excluding hydrogens is 282 g/mol. The van der Waals surface area contributed by atoms with Crippen molar-refractivity contribution in [2.75, 3.05) is 13.1 Å². The monoisotopic (exact) mass is 297 g/mol. The molecule has 7 heteroatoms. The van der Waals surface area contributed by atoms with Crippen molar-refractivity contribution in [3.8, 4) is 0 Å². The van der Waals surface area contributed by atoms with Gasteiger partial charge in [0.05, 0.1) is 0 Å². The third kappa shape index (κ3) is 6.19. The van der Waals surface area contributed by atoms with Crippen LogP contribution in [0.3, 0.4) is 0 Å². The summed E-state index contributed by atoms with van der Waals surface area (Å²) in [6, 6.07) is 6.96. The van der Waals surface area contributed by atoms with Crippen LogP contribution in [-0.2, 0) is 20.9 Å². The smallest absolute Gasteiger partial charge is 0.309 e. The number of nitrogens with one attached hydrogen (secondary N) is 3. The Morgan fingerprint density at radius 1 is 1.05 bits per heavy atom. The van der Waals surface area contributed by atoms with E-state index >= 15 is 0 Å². The van der Waals surface area contributed by atoms with Gasteiger partial charge in [-0.15, -0.1) is 0 Å². The molecule has 0 atom stereocenters. The highest BCUT2D eigenvalue weighted by Gasteiger charge is 2.11. The van der Waals surface area contributed by atoms with E-state index in [4.69, 9.17) is 11.6 Å². The van der Waals surface area contributed by atoms with Gasteiger partial charge in [0.2, 0.25) is 6.41 Å². The summed E-state index contributed by atoms with van der Waals surface area (Å²) in [5.41, 5.74) is 0.853. The summed E-state index contributed by atoms with van der Waals surface area (Å²) >= 11 is 5.74. The summed E-state index contributed by atoms with van der Waals surface area (Å²) in [6.07, 6.45) is 1.15. The Hall–Kier alpha value is -2.08. The highest BCUT2D eigenvalue weighted by molar-refractivity contribution is 6.35. The molecule has 0 aliphatic carbocycles. The maximum Gasteiger partial charge on any atom is 0.309 e. The van der Waals surface area contributed by atoms with Crippen molar-refractivity contribution in [3.63, 3.8) is 0 Å². The first kappa shape index (κ1) is 16.0. The van der Waals surface area contributed by atoms with Crippen LogP contribution in [-0.4, -0.2) is 31.3 Å². The molecule has 0 aliphatic rings. The largest absolute Gasteiger partial charge is 0.359 e. The first-order chi connectivity index (χ1) is 9.63. The fourth-order valence-corrected chi connectivity index (χ4v) is 1.52. The third-order valence-corrected chi connectivity index (χ3v) is 2.69. The first-order valence-corrected chi connectivity index (χ1v) is 6.49. The lowest BCUT2D eigenvalue weighted by atomic mass is 10.2. The number of carbonyl (C=O) groups excluding carboxylic acids is 3. The molecule has 0 aliphatic heterocycles. The average molecular weight is 298 g/mol. The maximum atomic E-state index is 11.5. The molecule has 0 heterocycles. The van der Waals surface area contributed by atoms with Crippen molar-refractivity contribution in [2.45, 2.75) is 13.0 Å². The predicted molar refractivity (Wildman–Crippen MR) is 75.0 cm³/mol. The van der Waals surface area contributed by atoms with Crippen molar-refractivity contribution in [1.29, 1.82) is 0 Å². The highest BCUT2D eigenvalue weighted by atomic mass is 35.5. The van der Waals surface area contributed by atoms with Crippen LogP contribution in [0.1, 0.15) is 12.0 Å². The van der Waals surface area contributed by atoms with Crippen molar-refractivity contribution in [1.82, 2.24) is 16.0 Å². The van der Waals surface area contributed by atoms with E-state index in [-0.39, 0.29) is 6.54 Å². The zero-order valence-electron chi connectivity index (χ0n) is 10.8. The molecule has 0 aromatic heterocycles. The quantitative estimate of drug-likeness (QED) is 0.382. The van der Waals surface area contributed by atoms with Gasteiger partial charge >= 0.3 is 11.8 Å². The molecule has 3 amide bonds. The molecule has 0 saturated carbocycles. The van der Waals surface area contributed by atoms with Crippen LogP contribution in [0.25, 0.3) is 0 Å². The molecule has 0 fully saturated rings.